The Bertz CT molecular complexity index is 378. The van der Waals surface area contributed by atoms with Gasteiger partial charge in [-0.2, -0.15) is 0 Å². The first-order valence-electron chi connectivity index (χ1n) is 5.70. The molecule has 88 valence electrons. The van der Waals surface area contributed by atoms with E-state index in [1.807, 2.05) is 12.1 Å². The fourth-order valence-electron chi connectivity index (χ4n) is 2.48. The Morgan fingerprint density at radius 2 is 2.06 bits per heavy atom. The first-order chi connectivity index (χ1) is 7.58. The molecule has 16 heavy (non-hydrogen) atoms. The first kappa shape index (κ1) is 12.2. The minimum absolute atomic E-state index is 0.143. The Morgan fingerprint density at radius 1 is 1.31 bits per heavy atom. The zero-order valence-electron chi connectivity index (χ0n) is 9.29. The van der Waals surface area contributed by atoms with E-state index in [1.54, 1.807) is 6.07 Å². The number of hydrogen-bond donors (Lipinski definition) is 1. The van der Waals surface area contributed by atoms with Crippen LogP contribution in [-0.4, -0.2) is 11.2 Å². The van der Waals surface area contributed by atoms with E-state index in [-0.39, 0.29) is 6.10 Å². The molecule has 3 atom stereocenters. The van der Waals surface area contributed by atoms with Gasteiger partial charge in [-0.05, 0) is 48.8 Å². The zero-order valence-corrected chi connectivity index (χ0v) is 10.8. The number of rotatable bonds is 2. The Kier molecular flexibility index (Phi) is 3.78. The van der Waals surface area contributed by atoms with Crippen molar-refractivity contribution in [1.29, 1.82) is 0 Å². The molecule has 1 N–H and O–H groups in total. The Hall–Kier alpha value is -0.240. The lowest BCUT2D eigenvalue weighted by Crippen LogP contribution is -2.16. The molecule has 2 rings (SSSR count). The summed E-state index contributed by atoms with van der Waals surface area (Å²) in [6.07, 6.45) is 2.79. The monoisotopic (exact) mass is 258 g/mol. The van der Waals surface area contributed by atoms with Crippen molar-refractivity contribution in [2.45, 2.75) is 32.3 Å². The number of halogens is 2. The summed E-state index contributed by atoms with van der Waals surface area (Å²) >= 11 is 12.0. The average molecular weight is 259 g/mol. The van der Waals surface area contributed by atoms with E-state index < -0.39 is 0 Å². The van der Waals surface area contributed by atoms with Gasteiger partial charge in [0.2, 0.25) is 0 Å². The molecule has 0 aromatic heterocycles. The van der Waals surface area contributed by atoms with Gasteiger partial charge in [0.25, 0.3) is 0 Å². The molecular formula is C13H16Cl2O. The molecule has 0 amide bonds. The molecule has 1 fully saturated rings. The number of hydrogen-bond acceptors (Lipinski definition) is 1. The van der Waals surface area contributed by atoms with E-state index in [4.69, 9.17) is 23.2 Å². The van der Waals surface area contributed by atoms with Crippen molar-refractivity contribution in [3.05, 3.63) is 33.8 Å². The van der Waals surface area contributed by atoms with Gasteiger partial charge in [-0.25, -0.2) is 0 Å². The van der Waals surface area contributed by atoms with Crippen LogP contribution < -0.4 is 0 Å². The van der Waals surface area contributed by atoms with E-state index in [2.05, 4.69) is 6.92 Å². The van der Waals surface area contributed by atoms with Gasteiger partial charge in [-0.15, -0.1) is 0 Å². The molecule has 0 saturated heterocycles. The number of aliphatic hydroxyl groups is 1. The zero-order chi connectivity index (χ0) is 11.7. The van der Waals surface area contributed by atoms with Gasteiger partial charge in [0.15, 0.2) is 0 Å². The molecular weight excluding hydrogens is 243 g/mol. The number of aliphatic hydroxyl groups excluding tert-OH is 1. The molecule has 0 spiro atoms. The van der Waals surface area contributed by atoms with Crippen LogP contribution in [0, 0.1) is 11.8 Å². The molecule has 0 heterocycles. The molecule has 0 radical (unpaired) electrons. The van der Waals surface area contributed by atoms with Gasteiger partial charge < -0.3 is 5.11 Å². The van der Waals surface area contributed by atoms with E-state index in [9.17, 15) is 5.11 Å². The van der Waals surface area contributed by atoms with Crippen LogP contribution >= 0.6 is 23.2 Å². The van der Waals surface area contributed by atoms with Crippen molar-refractivity contribution >= 4 is 23.2 Å². The molecule has 1 saturated carbocycles. The van der Waals surface area contributed by atoms with Crippen molar-refractivity contribution < 1.29 is 5.11 Å². The second kappa shape index (κ2) is 4.95. The Morgan fingerprint density at radius 3 is 2.62 bits per heavy atom. The average Bonchev–Trinajstić information content (AvgIpc) is 2.54. The molecule has 0 aliphatic heterocycles. The van der Waals surface area contributed by atoms with Crippen LogP contribution in [0.3, 0.4) is 0 Å². The summed E-state index contributed by atoms with van der Waals surface area (Å²) in [5.74, 6) is 0.903. The highest BCUT2D eigenvalue weighted by Gasteiger charge is 2.31. The summed E-state index contributed by atoms with van der Waals surface area (Å²) in [6, 6.07) is 5.65. The maximum absolute atomic E-state index is 9.71. The van der Waals surface area contributed by atoms with Gasteiger partial charge >= 0.3 is 0 Å². The van der Waals surface area contributed by atoms with Gasteiger partial charge in [0.1, 0.15) is 0 Å². The highest BCUT2D eigenvalue weighted by molar-refractivity contribution is 6.35. The van der Waals surface area contributed by atoms with Gasteiger partial charge in [0.05, 0.1) is 6.10 Å². The van der Waals surface area contributed by atoms with E-state index in [0.717, 1.165) is 29.8 Å². The quantitative estimate of drug-likeness (QED) is 0.852. The van der Waals surface area contributed by atoms with Crippen LogP contribution in [0.5, 0.6) is 0 Å². The predicted molar refractivity (Wildman–Crippen MR) is 68.1 cm³/mol. The van der Waals surface area contributed by atoms with Crippen molar-refractivity contribution in [1.82, 2.24) is 0 Å². The predicted octanol–water partition coefficient (Wildman–Crippen LogP) is 3.94. The topological polar surface area (TPSA) is 20.2 Å². The first-order valence-corrected chi connectivity index (χ1v) is 6.45. The normalized spacial score (nSPS) is 29.6. The standard InChI is InChI=1S/C13H16Cl2O/c1-8-9(3-5-13(8)16)6-10-2-4-11(14)7-12(10)15/h2,4,7-9,13,16H,3,5-6H2,1H3. The smallest absolute Gasteiger partial charge is 0.0568 e. The minimum Gasteiger partial charge on any atom is -0.393 e. The fourth-order valence-corrected chi connectivity index (χ4v) is 2.97. The third-order valence-electron chi connectivity index (χ3n) is 3.68. The molecule has 1 aromatic carbocycles. The highest BCUT2D eigenvalue weighted by Crippen LogP contribution is 2.35. The lowest BCUT2D eigenvalue weighted by Gasteiger charge is -2.18. The van der Waals surface area contributed by atoms with Crippen LogP contribution in [0.2, 0.25) is 10.0 Å². The minimum atomic E-state index is -0.143. The third-order valence-corrected chi connectivity index (χ3v) is 4.27. The second-order valence-electron chi connectivity index (χ2n) is 4.70. The largest absolute Gasteiger partial charge is 0.393 e. The molecule has 1 nitrogen and oxygen atoms in total. The molecule has 3 unspecified atom stereocenters. The van der Waals surface area contributed by atoms with Crippen LogP contribution in [0.1, 0.15) is 25.3 Å². The van der Waals surface area contributed by atoms with Crippen molar-refractivity contribution in [2.24, 2.45) is 11.8 Å². The summed E-state index contributed by atoms with van der Waals surface area (Å²) in [4.78, 5) is 0. The summed E-state index contributed by atoms with van der Waals surface area (Å²) in [5, 5.41) is 11.1. The molecule has 1 aliphatic carbocycles. The summed E-state index contributed by atoms with van der Waals surface area (Å²) in [7, 11) is 0. The highest BCUT2D eigenvalue weighted by atomic mass is 35.5. The summed E-state index contributed by atoms with van der Waals surface area (Å²) < 4.78 is 0. The second-order valence-corrected chi connectivity index (χ2v) is 5.55. The summed E-state index contributed by atoms with van der Waals surface area (Å²) in [6.45, 7) is 2.12. The molecule has 1 aromatic rings. The molecule has 1 aliphatic rings. The Balaban J connectivity index is 2.09. The van der Waals surface area contributed by atoms with Gasteiger partial charge in [-0.1, -0.05) is 36.2 Å². The van der Waals surface area contributed by atoms with E-state index >= 15 is 0 Å². The van der Waals surface area contributed by atoms with Crippen LogP contribution in [-0.2, 0) is 6.42 Å². The molecule has 0 bridgehead atoms. The van der Waals surface area contributed by atoms with Crippen LogP contribution in [0.15, 0.2) is 18.2 Å². The lowest BCUT2D eigenvalue weighted by atomic mass is 9.90. The van der Waals surface area contributed by atoms with Gasteiger partial charge in [0, 0.05) is 10.0 Å². The van der Waals surface area contributed by atoms with E-state index in [1.165, 1.54) is 0 Å². The Labute approximate surface area is 106 Å². The fraction of sp³-hybridized carbons (Fsp3) is 0.538. The lowest BCUT2D eigenvalue weighted by molar-refractivity contribution is 0.127. The van der Waals surface area contributed by atoms with Gasteiger partial charge in [-0.3, -0.25) is 0 Å². The summed E-state index contributed by atoms with van der Waals surface area (Å²) in [5.41, 5.74) is 1.14. The van der Waals surface area contributed by atoms with Crippen LogP contribution in [0.25, 0.3) is 0 Å². The van der Waals surface area contributed by atoms with Crippen molar-refractivity contribution in [3.63, 3.8) is 0 Å². The maximum Gasteiger partial charge on any atom is 0.0568 e. The van der Waals surface area contributed by atoms with Crippen molar-refractivity contribution in [3.8, 4) is 0 Å². The molecule has 3 heteroatoms. The SMILES string of the molecule is CC1C(O)CCC1Cc1ccc(Cl)cc1Cl. The maximum atomic E-state index is 9.71. The van der Waals surface area contributed by atoms with Crippen molar-refractivity contribution in [2.75, 3.05) is 0 Å². The van der Waals surface area contributed by atoms with Crippen LogP contribution in [0.4, 0.5) is 0 Å². The van der Waals surface area contributed by atoms with E-state index in [0.29, 0.717) is 16.9 Å². The number of benzene rings is 1. The third kappa shape index (κ3) is 2.53.